The molecule has 1 heterocycles. The molecule has 0 saturated carbocycles. The van der Waals surface area contributed by atoms with Crippen LogP contribution >= 0.6 is 12.2 Å². The van der Waals surface area contributed by atoms with E-state index in [9.17, 15) is 4.39 Å². The molecule has 2 aromatic carbocycles. The largest absolute Gasteiger partial charge is 0.497 e. The number of halogens is 1. The molecule has 0 unspecified atom stereocenters. The van der Waals surface area contributed by atoms with Gasteiger partial charge >= 0.3 is 0 Å². The van der Waals surface area contributed by atoms with E-state index < -0.39 is 0 Å². The number of H-pyrrole nitrogens is 1. The summed E-state index contributed by atoms with van der Waals surface area (Å²) in [6.07, 6.45) is 0. The zero-order chi connectivity index (χ0) is 14.8. The number of rotatable bonds is 3. The van der Waals surface area contributed by atoms with Crippen molar-refractivity contribution in [3.05, 3.63) is 59.1 Å². The van der Waals surface area contributed by atoms with Gasteiger partial charge in [-0.2, -0.15) is 5.10 Å². The van der Waals surface area contributed by atoms with E-state index in [1.165, 1.54) is 6.07 Å². The molecular weight excluding hydrogens is 289 g/mol. The zero-order valence-electron chi connectivity index (χ0n) is 11.2. The summed E-state index contributed by atoms with van der Waals surface area (Å²) in [6, 6.07) is 13.8. The van der Waals surface area contributed by atoms with Gasteiger partial charge in [0.2, 0.25) is 0 Å². The van der Waals surface area contributed by atoms with Gasteiger partial charge in [0.25, 0.3) is 0 Å². The number of nitrogens with one attached hydrogen (secondary N) is 1. The molecule has 0 amide bonds. The Hall–Kier alpha value is -2.47. The summed E-state index contributed by atoms with van der Waals surface area (Å²) in [5, 5.41) is 6.85. The van der Waals surface area contributed by atoms with Crippen LogP contribution < -0.4 is 4.74 Å². The van der Waals surface area contributed by atoms with Crippen LogP contribution in [0.4, 0.5) is 4.39 Å². The van der Waals surface area contributed by atoms with Crippen LogP contribution in [0.3, 0.4) is 0 Å². The van der Waals surface area contributed by atoms with Crippen LogP contribution in [0.25, 0.3) is 17.1 Å². The van der Waals surface area contributed by atoms with Crippen LogP contribution in [0.2, 0.25) is 0 Å². The second kappa shape index (κ2) is 5.49. The molecule has 0 spiro atoms. The smallest absolute Gasteiger partial charge is 0.200 e. The monoisotopic (exact) mass is 301 g/mol. The molecule has 3 aromatic rings. The standard InChI is InChI=1S/C15H12FN3OS/c1-20-11-8-6-10(7-9-11)19-14(17-18-15(19)21)12-4-2-3-5-13(12)16/h2-9H,1H3,(H,18,21). The second-order valence-corrected chi connectivity index (χ2v) is 4.75. The number of aromatic amines is 1. The van der Waals surface area contributed by atoms with Gasteiger partial charge in [0, 0.05) is 0 Å². The molecule has 4 nitrogen and oxygen atoms in total. The van der Waals surface area contributed by atoms with Crippen molar-refractivity contribution in [3.8, 4) is 22.8 Å². The van der Waals surface area contributed by atoms with Gasteiger partial charge in [0.05, 0.1) is 18.4 Å². The highest BCUT2D eigenvalue weighted by atomic mass is 32.1. The van der Waals surface area contributed by atoms with E-state index in [1.807, 2.05) is 24.3 Å². The fourth-order valence-electron chi connectivity index (χ4n) is 2.09. The Morgan fingerprint density at radius 1 is 1.14 bits per heavy atom. The number of hydrogen-bond donors (Lipinski definition) is 1. The van der Waals surface area contributed by atoms with E-state index in [1.54, 1.807) is 29.9 Å². The first-order valence-electron chi connectivity index (χ1n) is 6.27. The molecule has 0 aliphatic rings. The van der Waals surface area contributed by atoms with Gasteiger partial charge in [-0.1, -0.05) is 12.1 Å². The topological polar surface area (TPSA) is 42.8 Å². The fourth-order valence-corrected chi connectivity index (χ4v) is 2.33. The Balaban J connectivity index is 2.17. The molecule has 1 aromatic heterocycles. The number of aromatic nitrogens is 3. The number of hydrogen-bond acceptors (Lipinski definition) is 3. The predicted octanol–water partition coefficient (Wildman–Crippen LogP) is 3.74. The summed E-state index contributed by atoms with van der Waals surface area (Å²) in [4.78, 5) is 0. The maximum absolute atomic E-state index is 14.0. The molecule has 106 valence electrons. The average molecular weight is 301 g/mol. The molecular formula is C15H12FN3OS. The molecule has 3 rings (SSSR count). The molecule has 6 heteroatoms. The summed E-state index contributed by atoms with van der Waals surface area (Å²) in [5.74, 6) is 0.825. The van der Waals surface area contributed by atoms with E-state index in [-0.39, 0.29) is 5.82 Å². The highest BCUT2D eigenvalue weighted by molar-refractivity contribution is 7.71. The number of benzene rings is 2. The van der Waals surface area contributed by atoms with E-state index in [0.29, 0.717) is 16.2 Å². The average Bonchev–Trinajstić information content (AvgIpc) is 2.89. The lowest BCUT2D eigenvalue weighted by Gasteiger charge is -2.08. The SMILES string of the molecule is COc1ccc(-n2c(-c3ccccc3F)n[nH]c2=S)cc1. The first-order valence-corrected chi connectivity index (χ1v) is 6.68. The Kier molecular flexibility index (Phi) is 3.53. The predicted molar refractivity (Wildman–Crippen MR) is 80.7 cm³/mol. The molecule has 1 N–H and O–H groups in total. The third-order valence-corrected chi connectivity index (χ3v) is 3.39. The first-order chi connectivity index (χ1) is 10.2. The Morgan fingerprint density at radius 3 is 2.52 bits per heavy atom. The minimum atomic E-state index is -0.346. The molecule has 0 saturated heterocycles. The first kappa shape index (κ1) is 13.5. The normalized spacial score (nSPS) is 10.6. The number of ether oxygens (including phenoxy) is 1. The molecule has 0 aliphatic carbocycles. The Labute approximate surface area is 125 Å². The van der Waals surface area contributed by atoms with Gasteiger partial charge in [-0.3, -0.25) is 9.67 Å². The minimum absolute atomic E-state index is 0.346. The lowest BCUT2D eigenvalue weighted by atomic mass is 10.2. The summed E-state index contributed by atoms with van der Waals surface area (Å²) in [7, 11) is 1.60. The molecule has 0 fully saturated rings. The van der Waals surface area contributed by atoms with Crippen molar-refractivity contribution in [2.75, 3.05) is 7.11 Å². The summed E-state index contributed by atoms with van der Waals surface area (Å²) in [5.41, 5.74) is 1.17. The van der Waals surface area contributed by atoms with Gasteiger partial charge in [0.15, 0.2) is 10.6 Å². The highest BCUT2D eigenvalue weighted by Gasteiger charge is 2.14. The van der Waals surface area contributed by atoms with E-state index >= 15 is 0 Å². The van der Waals surface area contributed by atoms with E-state index in [0.717, 1.165) is 11.4 Å². The van der Waals surface area contributed by atoms with Crippen LogP contribution in [0.5, 0.6) is 5.75 Å². The summed E-state index contributed by atoms with van der Waals surface area (Å²) < 4.78 is 21.2. The fraction of sp³-hybridized carbons (Fsp3) is 0.0667. The van der Waals surface area contributed by atoms with Crippen LogP contribution in [0, 0.1) is 10.6 Å². The molecule has 0 atom stereocenters. The lowest BCUT2D eigenvalue weighted by Crippen LogP contribution is -1.99. The van der Waals surface area contributed by atoms with Gasteiger partial charge in [-0.05, 0) is 48.6 Å². The third kappa shape index (κ3) is 2.45. The van der Waals surface area contributed by atoms with Gasteiger partial charge in [0.1, 0.15) is 11.6 Å². The van der Waals surface area contributed by atoms with Crippen LogP contribution in [-0.4, -0.2) is 21.9 Å². The van der Waals surface area contributed by atoms with Crippen molar-refractivity contribution in [2.24, 2.45) is 0 Å². The Bertz CT molecular complexity index is 823. The van der Waals surface area contributed by atoms with E-state index in [2.05, 4.69) is 10.2 Å². The van der Waals surface area contributed by atoms with Crippen LogP contribution in [0.1, 0.15) is 0 Å². The molecule has 21 heavy (non-hydrogen) atoms. The van der Waals surface area contributed by atoms with Crippen molar-refractivity contribution < 1.29 is 9.13 Å². The molecule has 0 aliphatic heterocycles. The maximum Gasteiger partial charge on any atom is 0.200 e. The zero-order valence-corrected chi connectivity index (χ0v) is 12.0. The lowest BCUT2D eigenvalue weighted by molar-refractivity contribution is 0.414. The highest BCUT2D eigenvalue weighted by Crippen LogP contribution is 2.24. The third-order valence-electron chi connectivity index (χ3n) is 3.12. The van der Waals surface area contributed by atoms with Crippen molar-refractivity contribution in [3.63, 3.8) is 0 Å². The minimum Gasteiger partial charge on any atom is -0.497 e. The molecule has 0 radical (unpaired) electrons. The van der Waals surface area contributed by atoms with Crippen molar-refractivity contribution in [1.29, 1.82) is 0 Å². The van der Waals surface area contributed by atoms with Gasteiger partial charge in [-0.15, -0.1) is 0 Å². The number of methoxy groups -OCH3 is 1. The van der Waals surface area contributed by atoms with Gasteiger partial charge in [-0.25, -0.2) is 4.39 Å². The summed E-state index contributed by atoms with van der Waals surface area (Å²) in [6.45, 7) is 0. The van der Waals surface area contributed by atoms with Crippen LogP contribution in [-0.2, 0) is 0 Å². The summed E-state index contributed by atoms with van der Waals surface area (Å²) >= 11 is 5.25. The van der Waals surface area contributed by atoms with Crippen molar-refractivity contribution in [2.45, 2.75) is 0 Å². The second-order valence-electron chi connectivity index (χ2n) is 4.37. The van der Waals surface area contributed by atoms with E-state index in [4.69, 9.17) is 17.0 Å². The molecule has 0 bridgehead atoms. The van der Waals surface area contributed by atoms with Crippen molar-refractivity contribution >= 4 is 12.2 Å². The van der Waals surface area contributed by atoms with Crippen LogP contribution in [0.15, 0.2) is 48.5 Å². The quantitative estimate of drug-likeness (QED) is 0.749. The maximum atomic E-state index is 14.0. The number of nitrogens with zero attached hydrogens (tertiary/aromatic N) is 2. The Morgan fingerprint density at radius 2 is 1.86 bits per heavy atom. The van der Waals surface area contributed by atoms with Crippen molar-refractivity contribution in [1.82, 2.24) is 14.8 Å². The van der Waals surface area contributed by atoms with Gasteiger partial charge < -0.3 is 4.74 Å².